The van der Waals surface area contributed by atoms with Crippen LogP contribution in [0.3, 0.4) is 0 Å². The predicted molar refractivity (Wildman–Crippen MR) is 89.1 cm³/mol. The summed E-state index contributed by atoms with van der Waals surface area (Å²) in [6.45, 7) is 0. The lowest BCUT2D eigenvalue weighted by atomic mass is 10.2. The predicted octanol–water partition coefficient (Wildman–Crippen LogP) is 4.73. The number of imidazole rings is 1. The van der Waals surface area contributed by atoms with Crippen molar-refractivity contribution in [2.45, 2.75) is 0 Å². The van der Waals surface area contributed by atoms with E-state index in [1.807, 2.05) is 18.2 Å². The van der Waals surface area contributed by atoms with Crippen molar-refractivity contribution in [2.24, 2.45) is 0 Å². The minimum Gasteiger partial charge on any atom is -0.375 e. The Morgan fingerprint density at radius 3 is 2.67 bits per heavy atom. The van der Waals surface area contributed by atoms with E-state index in [4.69, 9.17) is 28.9 Å². The molecule has 0 saturated heterocycles. The van der Waals surface area contributed by atoms with Gasteiger partial charge in [-0.15, -0.1) is 0 Å². The zero-order chi connectivity index (χ0) is 14.6. The molecule has 0 spiro atoms. The maximum absolute atomic E-state index is 6.02. The molecule has 7 heteroatoms. The number of anilines is 1. The second kappa shape index (κ2) is 4.59. The number of benzene rings is 2. The monoisotopic (exact) mass is 334 g/mol. The minimum absolute atomic E-state index is 0.493. The molecule has 0 bridgehead atoms. The molecule has 2 aromatic carbocycles. The van der Waals surface area contributed by atoms with Gasteiger partial charge in [-0.2, -0.15) is 0 Å². The van der Waals surface area contributed by atoms with Gasteiger partial charge in [0, 0.05) is 5.56 Å². The first kappa shape index (κ1) is 12.9. The highest BCUT2D eigenvalue weighted by atomic mass is 35.5. The molecule has 0 radical (unpaired) electrons. The zero-order valence-electron chi connectivity index (χ0n) is 10.5. The first-order valence-corrected chi connectivity index (χ1v) is 7.68. The minimum atomic E-state index is 0.493. The van der Waals surface area contributed by atoms with Crippen LogP contribution in [0.1, 0.15) is 0 Å². The molecule has 0 amide bonds. The first-order valence-electron chi connectivity index (χ1n) is 6.11. The van der Waals surface area contributed by atoms with Crippen molar-refractivity contribution in [3.05, 3.63) is 40.4 Å². The van der Waals surface area contributed by atoms with Gasteiger partial charge in [0.15, 0.2) is 5.13 Å². The number of nitrogens with two attached hydrogens (primary N) is 1. The standard InChI is InChI=1S/C14H8Cl2N4S/c15-7-4-10-11(5-8(7)16)19-13(18-10)6-1-2-9-12(3-6)21-14(17)20-9/h1-5H,(H2,17,20)(H,18,19). The van der Waals surface area contributed by atoms with Crippen LogP contribution in [-0.4, -0.2) is 15.0 Å². The van der Waals surface area contributed by atoms with E-state index in [0.717, 1.165) is 32.6 Å². The van der Waals surface area contributed by atoms with E-state index >= 15 is 0 Å². The van der Waals surface area contributed by atoms with E-state index in [1.54, 1.807) is 12.1 Å². The third-order valence-corrected chi connectivity index (χ3v) is 4.77. The Morgan fingerprint density at radius 1 is 1.00 bits per heavy atom. The van der Waals surface area contributed by atoms with Crippen LogP contribution >= 0.6 is 34.5 Å². The number of aromatic nitrogens is 3. The molecule has 0 aliphatic carbocycles. The topological polar surface area (TPSA) is 67.6 Å². The largest absolute Gasteiger partial charge is 0.375 e. The van der Waals surface area contributed by atoms with Crippen molar-refractivity contribution in [2.75, 3.05) is 5.73 Å². The van der Waals surface area contributed by atoms with Crippen molar-refractivity contribution in [3.63, 3.8) is 0 Å². The lowest BCUT2D eigenvalue weighted by molar-refractivity contribution is 1.34. The number of aromatic amines is 1. The van der Waals surface area contributed by atoms with Crippen molar-refractivity contribution in [1.29, 1.82) is 0 Å². The molecule has 0 aliphatic heterocycles. The third kappa shape index (κ3) is 2.14. The summed E-state index contributed by atoms with van der Waals surface area (Å²) in [5.74, 6) is 0.761. The summed E-state index contributed by atoms with van der Waals surface area (Å²) in [6, 6.07) is 9.44. The van der Waals surface area contributed by atoms with E-state index < -0.39 is 0 Å². The fraction of sp³-hybridized carbons (Fsp3) is 0. The molecule has 2 heterocycles. The molecular formula is C14H8Cl2N4S. The number of halogens is 2. The molecule has 0 fully saturated rings. The summed E-state index contributed by atoms with van der Waals surface area (Å²) < 4.78 is 1.03. The van der Waals surface area contributed by atoms with Crippen LogP contribution in [0.5, 0.6) is 0 Å². The van der Waals surface area contributed by atoms with Gasteiger partial charge in [0.25, 0.3) is 0 Å². The number of thiazole rings is 1. The van der Waals surface area contributed by atoms with Crippen molar-refractivity contribution < 1.29 is 0 Å². The molecule has 4 aromatic rings. The molecule has 0 atom stereocenters. The second-order valence-electron chi connectivity index (χ2n) is 4.60. The molecule has 0 unspecified atom stereocenters. The molecule has 2 aromatic heterocycles. The number of H-pyrrole nitrogens is 1. The highest BCUT2D eigenvalue weighted by Crippen LogP contribution is 2.31. The van der Waals surface area contributed by atoms with Crippen molar-refractivity contribution in [3.8, 4) is 11.4 Å². The molecule has 4 rings (SSSR count). The second-order valence-corrected chi connectivity index (χ2v) is 6.48. The van der Waals surface area contributed by atoms with Crippen LogP contribution in [-0.2, 0) is 0 Å². The van der Waals surface area contributed by atoms with E-state index in [2.05, 4.69) is 15.0 Å². The number of hydrogen-bond acceptors (Lipinski definition) is 4. The van der Waals surface area contributed by atoms with Gasteiger partial charge in [-0.1, -0.05) is 34.5 Å². The van der Waals surface area contributed by atoms with Gasteiger partial charge in [-0.25, -0.2) is 9.97 Å². The van der Waals surface area contributed by atoms with Crippen LogP contribution in [0.2, 0.25) is 10.0 Å². The molecule has 104 valence electrons. The maximum Gasteiger partial charge on any atom is 0.181 e. The molecule has 3 N–H and O–H groups in total. The smallest absolute Gasteiger partial charge is 0.181 e. The van der Waals surface area contributed by atoms with Gasteiger partial charge in [-0.3, -0.25) is 0 Å². The van der Waals surface area contributed by atoms with Crippen LogP contribution in [0, 0.1) is 0 Å². The average Bonchev–Trinajstić information content (AvgIpc) is 3.00. The van der Waals surface area contributed by atoms with E-state index in [0.29, 0.717) is 15.2 Å². The zero-order valence-corrected chi connectivity index (χ0v) is 12.9. The molecule has 21 heavy (non-hydrogen) atoms. The van der Waals surface area contributed by atoms with Crippen molar-refractivity contribution in [1.82, 2.24) is 15.0 Å². The molecule has 0 aliphatic rings. The van der Waals surface area contributed by atoms with Crippen LogP contribution in [0.4, 0.5) is 5.13 Å². The molecule has 0 saturated carbocycles. The average molecular weight is 335 g/mol. The first-order chi connectivity index (χ1) is 10.1. The quantitative estimate of drug-likeness (QED) is 0.528. The van der Waals surface area contributed by atoms with Gasteiger partial charge in [-0.05, 0) is 30.3 Å². The van der Waals surface area contributed by atoms with Crippen LogP contribution in [0.15, 0.2) is 30.3 Å². The SMILES string of the molecule is Nc1nc2ccc(-c3nc4cc(Cl)c(Cl)cc4[nH]3)cc2s1. The van der Waals surface area contributed by atoms with Crippen molar-refractivity contribution >= 4 is 60.9 Å². The van der Waals surface area contributed by atoms with Gasteiger partial charge in [0.2, 0.25) is 0 Å². The normalized spacial score (nSPS) is 11.5. The fourth-order valence-electron chi connectivity index (χ4n) is 2.23. The van der Waals surface area contributed by atoms with E-state index in [1.165, 1.54) is 11.3 Å². The van der Waals surface area contributed by atoms with Gasteiger partial charge < -0.3 is 10.7 Å². The lowest BCUT2D eigenvalue weighted by Crippen LogP contribution is -1.80. The Kier molecular flexibility index (Phi) is 2.82. The number of hydrogen-bond donors (Lipinski definition) is 2. The number of nitrogens with zero attached hydrogens (tertiary/aromatic N) is 2. The number of nitrogens with one attached hydrogen (secondary N) is 1. The Balaban J connectivity index is 1.90. The fourth-order valence-corrected chi connectivity index (χ4v) is 3.33. The Morgan fingerprint density at radius 2 is 1.81 bits per heavy atom. The van der Waals surface area contributed by atoms with Crippen LogP contribution in [0.25, 0.3) is 32.6 Å². The molecular weight excluding hydrogens is 327 g/mol. The Labute approximate surface area is 133 Å². The Hall–Kier alpha value is -1.82. The summed E-state index contributed by atoms with van der Waals surface area (Å²) in [5, 5.41) is 1.56. The maximum atomic E-state index is 6.02. The third-order valence-electron chi connectivity index (χ3n) is 3.20. The van der Waals surface area contributed by atoms with Gasteiger partial charge >= 0.3 is 0 Å². The van der Waals surface area contributed by atoms with Gasteiger partial charge in [0.1, 0.15) is 5.82 Å². The lowest BCUT2D eigenvalue weighted by Gasteiger charge is -1.95. The Bertz CT molecular complexity index is 950. The summed E-state index contributed by atoms with van der Waals surface area (Å²) in [5.41, 5.74) is 9.22. The summed E-state index contributed by atoms with van der Waals surface area (Å²) in [4.78, 5) is 12.0. The number of rotatable bonds is 1. The highest BCUT2D eigenvalue weighted by molar-refractivity contribution is 7.22. The van der Waals surface area contributed by atoms with Crippen LogP contribution < -0.4 is 5.73 Å². The summed E-state index contributed by atoms with van der Waals surface area (Å²) in [6.07, 6.45) is 0. The summed E-state index contributed by atoms with van der Waals surface area (Å²) >= 11 is 13.5. The number of fused-ring (bicyclic) bond motifs is 2. The van der Waals surface area contributed by atoms with E-state index in [9.17, 15) is 0 Å². The number of nitrogen functional groups attached to an aromatic ring is 1. The summed E-state index contributed by atoms with van der Waals surface area (Å²) in [7, 11) is 0. The van der Waals surface area contributed by atoms with Gasteiger partial charge in [0.05, 0.1) is 31.3 Å². The highest BCUT2D eigenvalue weighted by Gasteiger charge is 2.10. The van der Waals surface area contributed by atoms with E-state index in [-0.39, 0.29) is 0 Å². The molecule has 4 nitrogen and oxygen atoms in total.